The van der Waals surface area contributed by atoms with Crippen LogP contribution in [0.15, 0.2) is 59.8 Å². The smallest absolute Gasteiger partial charge is 0.344 e. The Labute approximate surface area is 145 Å². The summed E-state index contributed by atoms with van der Waals surface area (Å²) in [5.41, 5.74) is 3.89. The Hall–Kier alpha value is -3.28. The molecule has 0 unspecified atom stereocenters. The van der Waals surface area contributed by atoms with E-state index in [9.17, 15) is 4.79 Å². The molecule has 0 fully saturated rings. The summed E-state index contributed by atoms with van der Waals surface area (Å²) < 4.78 is 5.57. The molecule has 1 heterocycles. The molecule has 1 aromatic heterocycles. The number of nitrogens with zero attached hydrogens (tertiary/aromatic N) is 4. The zero-order chi connectivity index (χ0) is 17.8. The normalized spacial score (nSPS) is 11.4. The van der Waals surface area contributed by atoms with Crippen molar-refractivity contribution in [2.75, 3.05) is 0 Å². The van der Waals surface area contributed by atoms with Crippen LogP contribution in [0.2, 0.25) is 0 Å². The number of aromatic nitrogens is 3. The van der Waals surface area contributed by atoms with Crippen molar-refractivity contribution in [1.29, 1.82) is 0 Å². The van der Waals surface area contributed by atoms with E-state index in [1.807, 2.05) is 57.2 Å². The van der Waals surface area contributed by atoms with Crippen LogP contribution < -0.4 is 0 Å². The molecule has 2 aromatic carbocycles. The molecule has 0 spiro atoms. The van der Waals surface area contributed by atoms with Gasteiger partial charge in [0.1, 0.15) is 0 Å². The lowest BCUT2D eigenvalue weighted by molar-refractivity contribution is 0.0716. The van der Waals surface area contributed by atoms with E-state index < -0.39 is 5.97 Å². The Bertz CT molecular complexity index is 944. The highest BCUT2D eigenvalue weighted by Gasteiger charge is 2.15. The first-order valence-corrected chi connectivity index (χ1v) is 7.85. The number of carbonyl (C=O) groups excluding carboxylic acids is 1. The van der Waals surface area contributed by atoms with E-state index in [2.05, 4.69) is 15.4 Å². The number of esters is 1. The van der Waals surface area contributed by atoms with Crippen molar-refractivity contribution < 1.29 is 9.53 Å². The van der Waals surface area contributed by atoms with Gasteiger partial charge in [-0.2, -0.15) is 0 Å². The van der Waals surface area contributed by atoms with Crippen LogP contribution in [0.1, 0.15) is 32.7 Å². The van der Waals surface area contributed by atoms with Gasteiger partial charge >= 0.3 is 5.97 Å². The molecule has 0 aliphatic rings. The summed E-state index contributed by atoms with van der Waals surface area (Å²) in [6.45, 7) is 5.69. The minimum absolute atomic E-state index is 0.167. The van der Waals surface area contributed by atoms with E-state index >= 15 is 0 Å². The van der Waals surface area contributed by atoms with Crippen LogP contribution in [0, 0.1) is 20.8 Å². The molecule has 0 aliphatic carbocycles. The maximum absolute atomic E-state index is 12.5. The largest absolute Gasteiger partial charge is 0.402 e. The van der Waals surface area contributed by atoms with Crippen LogP contribution >= 0.6 is 0 Å². The molecular weight excluding hydrogens is 316 g/mol. The molecule has 0 bridgehead atoms. The molecule has 0 amide bonds. The molecule has 0 atom stereocenters. The van der Waals surface area contributed by atoms with Crippen molar-refractivity contribution in [2.24, 2.45) is 5.10 Å². The maximum atomic E-state index is 12.5. The quantitative estimate of drug-likeness (QED) is 0.419. The van der Waals surface area contributed by atoms with Crippen molar-refractivity contribution >= 4 is 11.9 Å². The van der Waals surface area contributed by atoms with Crippen molar-refractivity contribution in [3.8, 4) is 0 Å². The summed E-state index contributed by atoms with van der Waals surface area (Å²) in [7, 11) is 0. The van der Waals surface area contributed by atoms with Gasteiger partial charge in [0, 0.05) is 5.56 Å². The fraction of sp³-hybridized carbons (Fsp3) is 0.158. The summed E-state index contributed by atoms with van der Waals surface area (Å²) in [5, 5.41) is 12.1. The number of ether oxygens (including phenoxy) is 1. The second kappa shape index (κ2) is 7.09. The van der Waals surface area contributed by atoms with Gasteiger partial charge in [0.2, 0.25) is 5.90 Å². The molecule has 6 heteroatoms. The van der Waals surface area contributed by atoms with E-state index in [4.69, 9.17) is 4.74 Å². The molecule has 25 heavy (non-hydrogen) atoms. The van der Waals surface area contributed by atoms with Crippen molar-refractivity contribution in [1.82, 2.24) is 15.1 Å². The number of benzene rings is 2. The average Bonchev–Trinajstić information content (AvgIpc) is 2.99. The fourth-order valence-electron chi connectivity index (χ4n) is 2.31. The van der Waals surface area contributed by atoms with Gasteiger partial charge in [-0.1, -0.05) is 35.4 Å². The molecular formula is C19H18N4O2. The second-order valence-electron chi connectivity index (χ2n) is 5.81. The van der Waals surface area contributed by atoms with Gasteiger partial charge in [-0.3, -0.25) is 0 Å². The van der Waals surface area contributed by atoms with Crippen molar-refractivity contribution in [2.45, 2.75) is 20.8 Å². The molecule has 3 aromatic rings. The lowest BCUT2D eigenvalue weighted by atomic mass is 10.1. The van der Waals surface area contributed by atoms with E-state index in [0.29, 0.717) is 11.1 Å². The minimum Gasteiger partial charge on any atom is -0.402 e. The number of hydrogen-bond donors (Lipinski definition) is 0. The summed E-state index contributed by atoms with van der Waals surface area (Å²) >= 11 is 0. The highest BCUT2D eigenvalue weighted by atomic mass is 16.5. The third kappa shape index (κ3) is 4.17. The Morgan fingerprint density at radius 2 is 1.64 bits per heavy atom. The summed E-state index contributed by atoms with van der Waals surface area (Å²) in [6.07, 6.45) is 1.65. The molecule has 0 radical (unpaired) electrons. The molecule has 0 N–H and O–H groups in total. The Kier molecular flexibility index (Phi) is 4.70. The van der Waals surface area contributed by atoms with Gasteiger partial charge < -0.3 is 4.74 Å². The third-order valence-corrected chi connectivity index (χ3v) is 3.50. The topological polar surface area (TPSA) is 69.4 Å². The standard InChI is InChI=1S/C19H18N4O2/c1-13-6-4-8-16(10-13)18(21-23-12-15(3)20-22-23)25-19(24)17-9-5-7-14(2)11-17/h4-12H,1-3H3/b21-18+. The maximum Gasteiger partial charge on any atom is 0.344 e. The fourth-order valence-corrected chi connectivity index (χ4v) is 2.31. The van der Waals surface area contributed by atoms with E-state index in [1.54, 1.807) is 18.3 Å². The predicted octanol–water partition coefficient (Wildman–Crippen LogP) is 3.27. The van der Waals surface area contributed by atoms with Gasteiger partial charge in [-0.05, 0) is 50.3 Å². The third-order valence-electron chi connectivity index (χ3n) is 3.50. The van der Waals surface area contributed by atoms with Crippen LogP contribution in [0.3, 0.4) is 0 Å². The highest BCUT2D eigenvalue weighted by Crippen LogP contribution is 2.11. The highest BCUT2D eigenvalue weighted by molar-refractivity contribution is 6.05. The number of carbonyl (C=O) groups is 1. The van der Waals surface area contributed by atoms with Crippen molar-refractivity contribution in [3.05, 3.63) is 82.7 Å². The average molecular weight is 334 g/mol. The predicted molar refractivity (Wildman–Crippen MR) is 94.5 cm³/mol. The summed E-state index contributed by atoms with van der Waals surface area (Å²) in [6, 6.07) is 14.8. The van der Waals surface area contributed by atoms with E-state index in [1.165, 1.54) is 4.79 Å². The number of rotatable bonds is 3. The monoisotopic (exact) mass is 334 g/mol. The Morgan fingerprint density at radius 3 is 2.24 bits per heavy atom. The molecule has 3 rings (SSSR count). The zero-order valence-electron chi connectivity index (χ0n) is 14.3. The first kappa shape index (κ1) is 16.6. The second-order valence-corrected chi connectivity index (χ2v) is 5.81. The van der Waals surface area contributed by atoms with Gasteiger partial charge in [-0.15, -0.1) is 15.0 Å². The molecule has 0 saturated carbocycles. The van der Waals surface area contributed by atoms with Gasteiger partial charge in [0.15, 0.2) is 0 Å². The number of hydrogen-bond acceptors (Lipinski definition) is 5. The van der Waals surface area contributed by atoms with E-state index in [-0.39, 0.29) is 5.90 Å². The number of aryl methyl sites for hydroxylation is 3. The zero-order valence-corrected chi connectivity index (χ0v) is 14.3. The lowest BCUT2D eigenvalue weighted by Crippen LogP contribution is -2.16. The van der Waals surface area contributed by atoms with Gasteiger partial charge in [0.05, 0.1) is 17.5 Å². The van der Waals surface area contributed by atoms with Gasteiger partial charge in [-0.25, -0.2) is 4.79 Å². The molecule has 6 nitrogen and oxygen atoms in total. The van der Waals surface area contributed by atoms with Crippen LogP contribution in [0.5, 0.6) is 0 Å². The lowest BCUT2D eigenvalue weighted by Gasteiger charge is -2.09. The van der Waals surface area contributed by atoms with Crippen LogP contribution in [-0.2, 0) is 4.74 Å². The van der Waals surface area contributed by atoms with Crippen LogP contribution in [0.4, 0.5) is 0 Å². The minimum atomic E-state index is -0.471. The van der Waals surface area contributed by atoms with Crippen molar-refractivity contribution in [3.63, 3.8) is 0 Å². The first-order valence-electron chi connectivity index (χ1n) is 7.85. The van der Waals surface area contributed by atoms with Crippen LogP contribution in [-0.4, -0.2) is 27.0 Å². The molecule has 126 valence electrons. The summed E-state index contributed by atoms with van der Waals surface area (Å²) in [5.74, 6) is -0.305. The van der Waals surface area contributed by atoms with E-state index in [0.717, 1.165) is 16.8 Å². The first-order chi connectivity index (χ1) is 12.0. The SMILES string of the molecule is Cc1cccc(C(=O)O/C(=N/n2cc(C)nn2)c2cccc(C)c2)c1. The van der Waals surface area contributed by atoms with Gasteiger partial charge in [0.25, 0.3) is 0 Å². The van der Waals surface area contributed by atoms with Crippen LogP contribution in [0.25, 0.3) is 0 Å². The Morgan fingerprint density at radius 1 is 1.00 bits per heavy atom. The molecule has 0 aliphatic heterocycles. The summed E-state index contributed by atoms with van der Waals surface area (Å²) in [4.78, 5) is 13.8. The molecule has 0 saturated heterocycles. The Balaban J connectivity index is 1.96.